The van der Waals surface area contributed by atoms with Crippen LogP contribution >= 0.6 is 0 Å². The molecule has 2 aliphatic rings. The molecule has 24 heavy (non-hydrogen) atoms. The Morgan fingerprint density at radius 1 is 1.29 bits per heavy atom. The highest BCUT2D eigenvalue weighted by atomic mass is 16.6. The van der Waals surface area contributed by atoms with Gasteiger partial charge < -0.3 is 19.5 Å². The van der Waals surface area contributed by atoms with E-state index in [0.717, 1.165) is 4.90 Å². The number of hydrogen-bond acceptors (Lipinski definition) is 7. The summed E-state index contributed by atoms with van der Waals surface area (Å²) in [5.41, 5.74) is 0.523. The second-order valence-electron chi connectivity index (χ2n) is 5.12. The maximum atomic E-state index is 11.9. The smallest absolute Gasteiger partial charge is 0.416 e. The van der Waals surface area contributed by atoms with E-state index in [1.165, 1.54) is 0 Å². The summed E-state index contributed by atoms with van der Waals surface area (Å²) in [5.74, 6) is -1.48. The molecule has 1 fully saturated rings. The molecule has 3 rings (SSSR count). The molecule has 3 amide bonds. The molecule has 0 radical (unpaired) electrons. The first-order valence-electron chi connectivity index (χ1n) is 7.24. The van der Waals surface area contributed by atoms with Crippen molar-refractivity contribution in [3.05, 3.63) is 24.3 Å². The van der Waals surface area contributed by atoms with Crippen molar-refractivity contribution in [2.45, 2.75) is 12.5 Å². The summed E-state index contributed by atoms with van der Waals surface area (Å²) in [5, 5.41) is 2.62. The van der Waals surface area contributed by atoms with Crippen LogP contribution in [0.4, 0.5) is 10.5 Å². The maximum absolute atomic E-state index is 11.9. The monoisotopic (exact) mass is 334 g/mol. The van der Waals surface area contributed by atoms with Gasteiger partial charge in [0.2, 0.25) is 0 Å². The Bertz CT molecular complexity index is 703. The average molecular weight is 334 g/mol. The summed E-state index contributed by atoms with van der Waals surface area (Å²) in [6.07, 6.45) is -2.15. The lowest BCUT2D eigenvalue weighted by atomic mass is 10.1. The Labute approximate surface area is 136 Å². The number of rotatable bonds is 4. The first kappa shape index (κ1) is 15.8. The van der Waals surface area contributed by atoms with E-state index in [-0.39, 0.29) is 19.6 Å². The molecule has 9 heteroatoms. The van der Waals surface area contributed by atoms with Crippen LogP contribution in [-0.2, 0) is 23.9 Å². The largest absolute Gasteiger partial charge is 0.478 e. The SMILES string of the molecule is O=C(C[C@@H]1Oc2ccccc2NC1=O)OCC(=O)N1CCOC1=O. The highest BCUT2D eigenvalue weighted by molar-refractivity contribution is 5.99. The van der Waals surface area contributed by atoms with Crippen molar-refractivity contribution >= 4 is 29.6 Å². The van der Waals surface area contributed by atoms with E-state index in [2.05, 4.69) is 10.1 Å². The minimum Gasteiger partial charge on any atom is -0.478 e. The fraction of sp³-hybridized carbons (Fsp3) is 0.333. The predicted molar refractivity (Wildman–Crippen MR) is 78.1 cm³/mol. The molecule has 0 aromatic heterocycles. The van der Waals surface area contributed by atoms with Crippen LogP contribution < -0.4 is 10.1 Å². The number of cyclic esters (lactones) is 1. The Hall–Kier alpha value is -3.10. The van der Waals surface area contributed by atoms with Gasteiger partial charge in [-0.05, 0) is 12.1 Å². The van der Waals surface area contributed by atoms with Crippen LogP contribution in [-0.4, -0.2) is 54.6 Å². The molecule has 126 valence electrons. The summed E-state index contributed by atoms with van der Waals surface area (Å²) in [7, 11) is 0. The minimum atomic E-state index is -1.04. The standard InChI is InChI=1S/C15H14N2O7/c18-12(17-5-6-22-15(17)21)8-23-13(19)7-11-14(20)16-9-3-1-2-4-10(9)24-11/h1-4,11H,5-8H2,(H,16,20)/t11-/m0/s1. The first-order chi connectivity index (χ1) is 11.5. The number of ether oxygens (including phenoxy) is 3. The summed E-state index contributed by atoms with van der Waals surface area (Å²) in [6.45, 7) is -0.354. The van der Waals surface area contributed by atoms with Crippen LogP contribution in [0.3, 0.4) is 0 Å². The number of nitrogens with zero attached hydrogens (tertiary/aromatic N) is 1. The number of carbonyl (C=O) groups excluding carboxylic acids is 4. The van der Waals surface area contributed by atoms with Crippen LogP contribution in [0.2, 0.25) is 0 Å². The molecule has 0 bridgehead atoms. The van der Waals surface area contributed by atoms with Crippen molar-refractivity contribution in [2.75, 3.05) is 25.1 Å². The summed E-state index contributed by atoms with van der Waals surface area (Å²) < 4.78 is 14.9. The Balaban J connectivity index is 1.51. The number of hydrogen-bond donors (Lipinski definition) is 1. The molecular formula is C15H14N2O7. The maximum Gasteiger partial charge on any atom is 0.416 e. The average Bonchev–Trinajstić information content (AvgIpc) is 2.99. The summed E-state index contributed by atoms with van der Waals surface area (Å²) >= 11 is 0. The molecule has 0 unspecified atom stereocenters. The molecule has 1 N–H and O–H groups in total. The van der Waals surface area contributed by atoms with Gasteiger partial charge in [0.15, 0.2) is 12.7 Å². The number of amides is 3. The third-order valence-corrected chi connectivity index (χ3v) is 3.48. The second kappa shape index (κ2) is 6.57. The molecule has 9 nitrogen and oxygen atoms in total. The van der Waals surface area contributed by atoms with Crippen LogP contribution in [0, 0.1) is 0 Å². The number of fused-ring (bicyclic) bond motifs is 1. The topological polar surface area (TPSA) is 111 Å². The van der Waals surface area contributed by atoms with Gasteiger partial charge in [0.25, 0.3) is 11.8 Å². The third-order valence-electron chi connectivity index (χ3n) is 3.48. The molecule has 2 aliphatic heterocycles. The van der Waals surface area contributed by atoms with Crippen molar-refractivity contribution in [1.29, 1.82) is 0 Å². The fourth-order valence-electron chi connectivity index (χ4n) is 2.28. The zero-order chi connectivity index (χ0) is 17.1. The number of para-hydroxylation sites is 2. The number of carbonyl (C=O) groups is 4. The number of nitrogens with one attached hydrogen (secondary N) is 1. The molecule has 1 aromatic carbocycles. The zero-order valence-electron chi connectivity index (χ0n) is 12.5. The second-order valence-corrected chi connectivity index (χ2v) is 5.12. The van der Waals surface area contributed by atoms with E-state index in [1.54, 1.807) is 24.3 Å². The Morgan fingerprint density at radius 3 is 2.83 bits per heavy atom. The van der Waals surface area contributed by atoms with E-state index in [0.29, 0.717) is 11.4 Å². The van der Waals surface area contributed by atoms with Crippen molar-refractivity contribution in [3.63, 3.8) is 0 Å². The van der Waals surface area contributed by atoms with Gasteiger partial charge in [0.1, 0.15) is 12.4 Å². The van der Waals surface area contributed by atoms with Crippen molar-refractivity contribution < 1.29 is 33.4 Å². The highest BCUT2D eigenvalue weighted by Gasteiger charge is 2.32. The van der Waals surface area contributed by atoms with E-state index in [9.17, 15) is 19.2 Å². The number of imide groups is 1. The van der Waals surface area contributed by atoms with Crippen molar-refractivity contribution in [2.24, 2.45) is 0 Å². The quantitative estimate of drug-likeness (QED) is 0.788. The van der Waals surface area contributed by atoms with Crippen LogP contribution in [0.1, 0.15) is 6.42 Å². The fourth-order valence-corrected chi connectivity index (χ4v) is 2.28. The number of esters is 1. The van der Waals surface area contributed by atoms with Gasteiger partial charge in [-0.1, -0.05) is 12.1 Å². The molecule has 0 saturated carbocycles. The van der Waals surface area contributed by atoms with Crippen LogP contribution in [0.15, 0.2) is 24.3 Å². The Morgan fingerprint density at radius 2 is 2.08 bits per heavy atom. The van der Waals surface area contributed by atoms with Crippen LogP contribution in [0.5, 0.6) is 5.75 Å². The lowest BCUT2D eigenvalue weighted by molar-refractivity contribution is -0.153. The normalized spacial score (nSPS) is 19.0. The van der Waals surface area contributed by atoms with Gasteiger partial charge in [-0.15, -0.1) is 0 Å². The van der Waals surface area contributed by atoms with E-state index in [1.807, 2.05) is 0 Å². The molecule has 0 aliphatic carbocycles. The van der Waals surface area contributed by atoms with E-state index >= 15 is 0 Å². The van der Waals surface area contributed by atoms with Gasteiger partial charge in [0.05, 0.1) is 18.7 Å². The van der Waals surface area contributed by atoms with Crippen molar-refractivity contribution in [3.8, 4) is 5.75 Å². The first-order valence-corrected chi connectivity index (χ1v) is 7.24. The number of anilines is 1. The van der Waals surface area contributed by atoms with Gasteiger partial charge in [-0.25, -0.2) is 9.69 Å². The molecular weight excluding hydrogens is 320 g/mol. The third kappa shape index (κ3) is 3.29. The predicted octanol–water partition coefficient (Wildman–Crippen LogP) is 0.298. The van der Waals surface area contributed by atoms with Crippen molar-refractivity contribution in [1.82, 2.24) is 4.90 Å². The van der Waals surface area contributed by atoms with E-state index < -0.39 is 36.6 Å². The molecule has 0 spiro atoms. The molecule has 1 aromatic rings. The van der Waals surface area contributed by atoms with Gasteiger partial charge in [-0.2, -0.15) is 0 Å². The van der Waals surface area contributed by atoms with E-state index in [4.69, 9.17) is 9.47 Å². The lowest BCUT2D eigenvalue weighted by Gasteiger charge is -2.25. The highest BCUT2D eigenvalue weighted by Crippen LogP contribution is 2.29. The lowest BCUT2D eigenvalue weighted by Crippen LogP contribution is -2.40. The van der Waals surface area contributed by atoms with Gasteiger partial charge in [-0.3, -0.25) is 14.4 Å². The van der Waals surface area contributed by atoms with Gasteiger partial charge >= 0.3 is 12.1 Å². The minimum absolute atomic E-state index is 0.119. The summed E-state index contributed by atoms with van der Waals surface area (Å²) in [6, 6.07) is 6.82. The van der Waals surface area contributed by atoms with Gasteiger partial charge in [0, 0.05) is 0 Å². The zero-order valence-corrected chi connectivity index (χ0v) is 12.5. The molecule has 2 heterocycles. The van der Waals surface area contributed by atoms with Crippen LogP contribution in [0.25, 0.3) is 0 Å². The molecule has 1 saturated heterocycles. The number of benzene rings is 1. The Kier molecular flexibility index (Phi) is 4.32. The summed E-state index contributed by atoms with van der Waals surface area (Å²) in [4.78, 5) is 47.5. The molecule has 1 atom stereocenters.